The molecule has 0 aromatic carbocycles. The fraction of sp³-hybridized carbons (Fsp3) is 0.286. The first-order valence-corrected chi connectivity index (χ1v) is 7.19. The van der Waals surface area contributed by atoms with Gasteiger partial charge in [-0.05, 0) is 31.3 Å². The zero-order chi connectivity index (χ0) is 14.4. The molecule has 0 bridgehead atoms. The lowest BCUT2D eigenvalue weighted by Gasteiger charge is -2.15. The average Bonchev–Trinajstić information content (AvgIpc) is 2.94. The Kier molecular flexibility index (Phi) is 5.23. The molecule has 0 saturated carbocycles. The third kappa shape index (κ3) is 4.12. The number of amides is 1. The molecule has 3 N–H and O–H groups in total. The van der Waals surface area contributed by atoms with Crippen molar-refractivity contribution in [1.29, 1.82) is 0 Å². The molecule has 20 heavy (non-hydrogen) atoms. The van der Waals surface area contributed by atoms with E-state index in [1.165, 1.54) is 11.3 Å². The van der Waals surface area contributed by atoms with Gasteiger partial charge in [0.1, 0.15) is 0 Å². The number of pyridine rings is 1. The maximum absolute atomic E-state index is 11.4. The smallest absolute Gasteiger partial charge is 0.275 e. The van der Waals surface area contributed by atoms with E-state index in [0.717, 1.165) is 30.1 Å². The summed E-state index contributed by atoms with van der Waals surface area (Å²) in [6, 6.07) is 9.71. The van der Waals surface area contributed by atoms with Gasteiger partial charge in [0.15, 0.2) is 0 Å². The number of carbonyl (C=O) groups is 1. The van der Waals surface area contributed by atoms with Gasteiger partial charge in [0.2, 0.25) is 0 Å². The summed E-state index contributed by atoms with van der Waals surface area (Å²) in [5.41, 5.74) is 3.24. The Morgan fingerprint density at radius 1 is 1.40 bits per heavy atom. The molecule has 0 aliphatic rings. The van der Waals surface area contributed by atoms with E-state index in [1.807, 2.05) is 30.5 Å². The van der Waals surface area contributed by atoms with Crippen molar-refractivity contribution in [3.05, 3.63) is 52.0 Å². The number of nitrogens with two attached hydrogens (primary N) is 1. The molecule has 5 nitrogen and oxygen atoms in total. The van der Waals surface area contributed by atoms with Crippen molar-refractivity contribution in [2.45, 2.75) is 13.0 Å². The Bertz CT molecular complexity index is 555. The van der Waals surface area contributed by atoms with Crippen LogP contribution in [0.2, 0.25) is 0 Å². The summed E-state index contributed by atoms with van der Waals surface area (Å²) >= 11 is 1.47. The molecule has 2 heterocycles. The molecule has 0 aliphatic heterocycles. The lowest BCUT2D eigenvalue weighted by molar-refractivity contribution is 0.0957. The van der Waals surface area contributed by atoms with Gasteiger partial charge in [-0.15, -0.1) is 11.3 Å². The van der Waals surface area contributed by atoms with Crippen molar-refractivity contribution < 1.29 is 4.79 Å². The van der Waals surface area contributed by atoms with Crippen molar-refractivity contribution in [2.24, 2.45) is 5.84 Å². The van der Waals surface area contributed by atoms with Crippen molar-refractivity contribution in [1.82, 2.24) is 15.3 Å². The van der Waals surface area contributed by atoms with Crippen LogP contribution in [0.1, 0.15) is 20.2 Å². The normalized spacial score (nSPS) is 10.8. The topological polar surface area (TPSA) is 71.2 Å². The van der Waals surface area contributed by atoms with Crippen LogP contribution in [0.5, 0.6) is 0 Å². The second-order valence-electron chi connectivity index (χ2n) is 4.55. The summed E-state index contributed by atoms with van der Waals surface area (Å²) in [4.78, 5) is 19.7. The average molecular weight is 290 g/mol. The van der Waals surface area contributed by atoms with Gasteiger partial charge < -0.3 is 4.90 Å². The van der Waals surface area contributed by atoms with E-state index in [4.69, 9.17) is 5.84 Å². The van der Waals surface area contributed by atoms with Crippen molar-refractivity contribution in [3.8, 4) is 0 Å². The summed E-state index contributed by atoms with van der Waals surface area (Å²) in [5.74, 6) is 4.88. The molecule has 0 aliphatic carbocycles. The largest absolute Gasteiger partial charge is 0.301 e. The molecule has 0 radical (unpaired) electrons. The van der Waals surface area contributed by atoms with E-state index in [0.29, 0.717) is 4.88 Å². The predicted molar refractivity (Wildman–Crippen MR) is 80.2 cm³/mol. The van der Waals surface area contributed by atoms with Crippen LogP contribution in [0.15, 0.2) is 36.5 Å². The molecule has 6 heteroatoms. The SMILES string of the molecule is CN(CCc1ccccn1)Cc1ccc(C(=O)NN)s1. The van der Waals surface area contributed by atoms with Crippen molar-refractivity contribution in [2.75, 3.05) is 13.6 Å². The van der Waals surface area contributed by atoms with E-state index in [-0.39, 0.29) is 5.91 Å². The van der Waals surface area contributed by atoms with Crippen LogP contribution in [-0.4, -0.2) is 29.4 Å². The minimum atomic E-state index is -0.239. The summed E-state index contributed by atoms with van der Waals surface area (Å²) in [6.07, 6.45) is 2.73. The highest BCUT2D eigenvalue weighted by Gasteiger charge is 2.09. The standard InChI is InChI=1S/C14H18N4OS/c1-18(9-7-11-4-2-3-8-16-11)10-12-5-6-13(20-12)14(19)17-15/h2-6,8H,7,9-10,15H2,1H3,(H,17,19). The van der Waals surface area contributed by atoms with Gasteiger partial charge in [0, 0.05) is 36.3 Å². The summed E-state index contributed by atoms with van der Waals surface area (Å²) < 4.78 is 0. The number of rotatable bonds is 6. The molecule has 0 spiro atoms. The minimum absolute atomic E-state index is 0.239. The van der Waals surface area contributed by atoms with Gasteiger partial charge >= 0.3 is 0 Å². The molecule has 0 saturated heterocycles. The highest BCUT2D eigenvalue weighted by Crippen LogP contribution is 2.17. The number of thiophene rings is 1. The first-order valence-electron chi connectivity index (χ1n) is 6.37. The monoisotopic (exact) mass is 290 g/mol. The second-order valence-corrected chi connectivity index (χ2v) is 5.72. The van der Waals surface area contributed by atoms with Gasteiger partial charge in [-0.25, -0.2) is 5.84 Å². The number of nitrogens with zero attached hydrogens (tertiary/aromatic N) is 2. The molecule has 2 rings (SSSR count). The highest BCUT2D eigenvalue weighted by atomic mass is 32.1. The number of hydrogen-bond donors (Lipinski definition) is 2. The first-order chi connectivity index (χ1) is 9.69. The Morgan fingerprint density at radius 3 is 2.95 bits per heavy atom. The molecule has 2 aromatic rings. The van der Waals surface area contributed by atoms with Gasteiger partial charge in [-0.2, -0.15) is 0 Å². The number of nitrogens with one attached hydrogen (secondary N) is 1. The zero-order valence-corrected chi connectivity index (χ0v) is 12.2. The van der Waals surface area contributed by atoms with Gasteiger partial charge in [0.25, 0.3) is 5.91 Å². The van der Waals surface area contributed by atoms with Crippen LogP contribution < -0.4 is 11.3 Å². The Balaban J connectivity index is 1.83. The minimum Gasteiger partial charge on any atom is -0.301 e. The van der Waals surface area contributed by atoms with Gasteiger partial charge in [0.05, 0.1) is 4.88 Å². The lowest BCUT2D eigenvalue weighted by Crippen LogP contribution is -2.29. The number of nitrogen functional groups attached to an aromatic ring is 1. The molecule has 106 valence electrons. The van der Waals surface area contributed by atoms with Crippen LogP contribution >= 0.6 is 11.3 Å². The number of carbonyl (C=O) groups excluding carboxylic acids is 1. The molecule has 1 amide bonds. The van der Waals surface area contributed by atoms with Crippen molar-refractivity contribution >= 4 is 17.2 Å². The Morgan fingerprint density at radius 2 is 2.25 bits per heavy atom. The molecule has 2 aromatic heterocycles. The maximum atomic E-state index is 11.4. The third-order valence-corrected chi connectivity index (χ3v) is 3.99. The molecule has 0 fully saturated rings. The molecular formula is C14H18N4OS. The van der Waals surface area contributed by atoms with E-state index < -0.39 is 0 Å². The lowest BCUT2D eigenvalue weighted by atomic mass is 10.2. The van der Waals surface area contributed by atoms with Crippen molar-refractivity contribution in [3.63, 3.8) is 0 Å². The maximum Gasteiger partial charge on any atom is 0.275 e. The number of hydrogen-bond acceptors (Lipinski definition) is 5. The number of aromatic nitrogens is 1. The van der Waals surface area contributed by atoms with Crippen LogP contribution in [0.4, 0.5) is 0 Å². The van der Waals surface area contributed by atoms with Crippen LogP contribution in [0.3, 0.4) is 0 Å². The summed E-state index contributed by atoms with van der Waals surface area (Å²) in [6.45, 7) is 1.74. The fourth-order valence-corrected chi connectivity index (χ4v) is 2.84. The number of likely N-dealkylation sites (N-methyl/N-ethyl adjacent to an activating group) is 1. The van der Waals surface area contributed by atoms with E-state index in [2.05, 4.69) is 22.4 Å². The quantitative estimate of drug-likeness (QED) is 0.479. The Hall–Kier alpha value is -1.76. The van der Waals surface area contributed by atoms with Crippen LogP contribution in [0, 0.1) is 0 Å². The second kappa shape index (κ2) is 7.14. The summed E-state index contributed by atoms with van der Waals surface area (Å²) in [5, 5.41) is 0. The van der Waals surface area contributed by atoms with Gasteiger partial charge in [-0.1, -0.05) is 6.07 Å². The van der Waals surface area contributed by atoms with E-state index >= 15 is 0 Å². The fourth-order valence-electron chi connectivity index (χ4n) is 1.85. The van der Waals surface area contributed by atoms with Crippen LogP contribution in [0.25, 0.3) is 0 Å². The van der Waals surface area contributed by atoms with E-state index in [9.17, 15) is 4.79 Å². The molecule has 0 unspecified atom stereocenters. The van der Waals surface area contributed by atoms with E-state index in [1.54, 1.807) is 6.07 Å². The molecular weight excluding hydrogens is 272 g/mol. The predicted octanol–water partition coefficient (Wildman–Crippen LogP) is 1.42. The molecule has 0 atom stereocenters. The first kappa shape index (κ1) is 14.6. The number of hydrazine groups is 1. The third-order valence-electron chi connectivity index (χ3n) is 2.92. The van der Waals surface area contributed by atoms with Gasteiger partial charge in [-0.3, -0.25) is 15.2 Å². The zero-order valence-electron chi connectivity index (χ0n) is 11.4. The van der Waals surface area contributed by atoms with Crippen LogP contribution in [-0.2, 0) is 13.0 Å². The summed E-state index contributed by atoms with van der Waals surface area (Å²) in [7, 11) is 2.06. The highest BCUT2D eigenvalue weighted by molar-refractivity contribution is 7.14. The Labute approximate surface area is 122 Å².